The van der Waals surface area contributed by atoms with Crippen LogP contribution in [-0.4, -0.2) is 56.7 Å². The van der Waals surface area contributed by atoms with Crippen LogP contribution in [0.5, 0.6) is 0 Å². The van der Waals surface area contributed by atoms with Gasteiger partial charge in [-0.25, -0.2) is 14.6 Å². The molecular formula is C26H34N6O. The Morgan fingerprint density at radius 2 is 1.73 bits per heavy atom. The minimum Gasteiger partial charge on any atom is -0.352 e. The molecule has 1 amide bonds. The molecule has 0 spiro atoms. The van der Waals surface area contributed by atoms with E-state index in [1.165, 1.54) is 12.8 Å². The molecule has 1 aromatic carbocycles. The average molecular weight is 447 g/mol. The molecule has 1 aliphatic heterocycles. The number of nitrogens with zero attached hydrogens (tertiary/aromatic N) is 6. The Hall–Kier alpha value is -2.96. The number of rotatable bonds is 5. The number of amides is 1. The maximum atomic E-state index is 12.9. The van der Waals surface area contributed by atoms with E-state index in [4.69, 9.17) is 15.1 Å². The lowest BCUT2D eigenvalue weighted by Crippen LogP contribution is -2.50. The summed E-state index contributed by atoms with van der Waals surface area (Å²) < 4.78 is 1.94. The maximum Gasteiger partial charge on any atom is 0.225 e. The predicted molar refractivity (Wildman–Crippen MR) is 131 cm³/mol. The molecule has 174 valence electrons. The Bertz CT molecular complexity index is 1120. The van der Waals surface area contributed by atoms with Crippen molar-refractivity contribution in [1.29, 1.82) is 0 Å². The molecule has 5 rings (SSSR count). The van der Waals surface area contributed by atoms with Crippen LogP contribution < -0.4 is 4.90 Å². The Morgan fingerprint density at radius 3 is 2.39 bits per heavy atom. The zero-order valence-electron chi connectivity index (χ0n) is 20.0. The molecule has 3 aromatic rings. The van der Waals surface area contributed by atoms with Crippen LogP contribution in [0.4, 0.5) is 5.82 Å². The summed E-state index contributed by atoms with van der Waals surface area (Å²) in [5.41, 5.74) is 2.80. The highest BCUT2D eigenvalue weighted by Crippen LogP contribution is 2.31. The van der Waals surface area contributed by atoms with E-state index in [0.29, 0.717) is 11.8 Å². The van der Waals surface area contributed by atoms with Crippen molar-refractivity contribution in [1.82, 2.24) is 24.6 Å². The lowest BCUT2D eigenvalue weighted by Gasteiger charge is -2.37. The maximum absolute atomic E-state index is 12.9. The number of anilines is 1. The topological polar surface area (TPSA) is 67.2 Å². The molecular weight excluding hydrogens is 412 g/mol. The van der Waals surface area contributed by atoms with Gasteiger partial charge in [0.1, 0.15) is 11.6 Å². The Balaban J connectivity index is 1.48. The molecule has 1 saturated heterocycles. The molecule has 0 atom stereocenters. The molecule has 7 heteroatoms. The number of aromatic nitrogens is 4. The van der Waals surface area contributed by atoms with Gasteiger partial charge in [0.2, 0.25) is 5.91 Å². The minimum atomic E-state index is 0.242. The van der Waals surface area contributed by atoms with Gasteiger partial charge >= 0.3 is 0 Å². The fourth-order valence-corrected chi connectivity index (χ4v) is 5.21. The van der Waals surface area contributed by atoms with E-state index in [-0.39, 0.29) is 5.92 Å². The number of aryl methyl sites for hydroxylation is 1. The van der Waals surface area contributed by atoms with Crippen LogP contribution in [0.25, 0.3) is 16.7 Å². The predicted octanol–water partition coefficient (Wildman–Crippen LogP) is 4.16. The largest absolute Gasteiger partial charge is 0.352 e. The number of benzene rings is 1. The lowest BCUT2D eigenvalue weighted by molar-refractivity contribution is -0.135. The van der Waals surface area contributed by atoms with Crippen molar-refractivity contribution in [3.05, 3.63) is 41.9 Å². The fourth-order valence-electron chi connectivity index (χ4n) is 5.21. The zero-order chi connectivity index (χ0) is 22.9. The minimum absolute atomic E-state index is 0.242. The quantitative estimate of drug-likeness (QED) is 0.589. The highest BCUT2D eigenvalue weighted by atomic mass is 16.2. The first-order valence-corrected chi connectivity index (χ1v) is 12.4. The van der Waals surface area contributed by atoms with Gasteiger partial charge in [0.05, 0.1) is 16.8 Å². The van der Waals surface area contributed by atoms with Crippen molar-refractivity contribution in [3.63, 3.8) is 0 Å². The van der Waals surface area contributed by atoms with Crippen LogP contribution in [-0.2, 0) is 11.2 Å². The molecule has 0 unspecified atom stereocenters. The summed E-state index contributed by atoms with van der Waals surface area (Å²) in [4.78, 5) is 27.3. The summed E-state index contributed by atoms with van der Waals surface area (Å²) in [6, 6.07) is 10.2. The summed E-state index contributed by atoms with van der Waals surface area (Å²) in [5.74, 6) is 2.88. The van der Waals surface area contributed by atoms with Crippen molar-refractivity contribution < 1.29 is 4.79 Å². The number of carbonyl (C=O) groups is 1. The SMILES string of the molecule is Cc1nn(-c2ccccc2)c2nc(CC(C)C)nc(N3CCN(C(=O)C4CCCC4)CC3)c12. The highest BCUT2D eigenvalue weighted by molar-refractivity contribution is 5.91. The van der Waals surface area contributed by atoms with Crippen LogP contribution in [0, 0.1) is 18.8 Å². The van der Waals surface area contributed by atoms with Gasteiger partial charge in [-0.1, -0.05) is 44.9 Å². The van der Waals surface area contributed by atoms with Gasteiger partial charge in [-0.2, -0.15) is 5.10 Å². The molecule has 0 N–H and O–H groups in total. The zero-order valence-corrected chi connectivity index (χ0v) is 20.0. The van der Waals surface area contributed by atoms with E-state index < -0.39 is 0 Å². The molecule has 0 radical (unpaired) electrons. The van der Waals surface area contributed by atoms with Crippen molar-refractivity contribution in [2.24, 2.45) is 11.8 Å². The molecule has 2 aliphatic rings. The number of hydrogen-bond acceptors (Lipinski definition) is 5. The second-order valence-corrected chi connectivity index (χ2v) is 9.89. The third-order valence-electron chi connectivity index (χ3n) is 6.92. The summed E-state index contributed by atoms with van der Waals surface area (Å²) in [6.07, 6.45) is 5.32. The van der Waals surface area contributed by atoms with Crippen molar-refractivity contribution in [3.8, 4) is 5.69 Å². The summed E-state index contributed by atoms with van der Waals surface area (Å²) >= 11 is 0. The third kappa shape index (κ3) is 4.33. The molecule has 3 heterocycles. The Kier molecular flexibility index (Phi) is 6.04. The molecule has 1 aliphatic carbocycles. The highest BCUT2D eigenvalue weighted by Gasteiger charge is 2.31. The van der Waals surface area contributed by atoms with Gasteiger partial charge in [-0.05, 0) is 37.8 Å². The number of fused-ring (bicyclic) bond motifs is 1. The van der Waals surface area contributed by atoms with E-state index in [1.54, 1.807) is 0 Å². The van der Waals surface area contributed by atoms with Crippen molar-refractivity contribution in [2.75, 3.05) is 31.1 Å². The number of piperazine rings is 1. The van der Waals surface area contributed by atoms with Crippen LogP contribution >= 0.6 is 0 Å². The average Bonchev–Trinajstić information content (AvgIpc) is 3.47. The van der Waals surface area contributed by atoms with Gasteiger partial charge < -0.3 is 9.80 Å². The molecule has 2 aromatic heterocycles. The van der Waals surface area contributed by atoms with E-state index in [1.807, 2.05) is 29.8 Å². The second-order valence-electron chi connectivity index (χ2n) is 9.89. The number of hydrogen-bond donors (Lipinski definition) is 0. The van der Waals surface area contributed by atoms with Gasteiger partial charge in [-0.3, -0.25) is 4.79 Å². The first-order valence-electron chi connectivity index (χ1n) is 12.4. The molecule has 2 fully saturated rings. The van der Waals surface area contributed by atoms with Gasteiger partial charge in [0, 0.05) is 38.5 Å². The third-order valence-corrected chi connectivity index (χ3v) is 6.92. The van der Waals surface area contributed by atoms with Gasteiger partial charge in [-0.15, -0.1) is 0 Å². The van der Waals surface area contributed by atoms with E-state index in [9.17, 15) is 4.79 Å². The van der Waals surface area contributed by atoms with E-state index >= 15 is 0 Å². The normalized spacial score (nSPS) is 17.5. The van der Waals surface area contributed by atoms with Crippen LogP contribution in [0.2, 0.25) is 0 Å². The summed E-state index contributed by atoms with van der Waals surface area (Å²) in [5, 5.41) is 5.87. The van der Waals surface area contributed by atoms with Gasteiger partial charge in [0.25, 0.3) is 0 Å². The second kappa shape index (κ2) is 9.12. The number of para-hydroxylation sites is 1. The van der Waals surface area contributed by atoms with Crippen molar-refractivity contribution in [2.45, 2.75) is 52.9 Å². The summed E-state index contributed by atoms with van der Waals surface area (Å²) in [6.45, 7) is 9.53. The standard InChI is InChI=1S/C26H34N6O/c1-18(2)17-22-27-24(30-13-15-31(16-14-30)26(33)20-9-7-8-10-20)23-19(3)29-32(25(23)28-22)21-11-5-4-6-12-21/h4-6,11-12,18,20H,7-10,13-17H2,1-3H3. The lowest BCUT2D eigenvalue weighted by atomic mass is 10.1. The van der Waals surface area contributed by atoms with Crippen LogP contribution in [0.3, 0.4) is 0 Å². The smallest absolute Gasteiger partial charge is 0.225 e. The first-order chi connectivity index (χ1) is 16.0. The van der Waals surface area contributed by atoms with E-state index in [2.05, 4.69) is 35.8 Å². The van der Waals surface area contributed by atoms with Crippen LogP contribution in [0.1, 0.15) is 51.0 Å². The monoisotopic (exact) mass is 446 g/mol. The molecule has 1 saturated carbocycles. The number of carbonyl (C=O) groups excluding carboxylic acids is 1. The summed E-state index contributed by atoms with van der Waals surface area (Å²) in [7, 11) is 0. The van der Waals surface area contributed by atoms with Crippen LogP contribution in [0.15, 0.2) is 30.3 Å². The molecule has 33 heavy (non-hydrogen) atoms. The fraction of sp³-hybridized carbons (Fsp3) is 0.538. The van der Waals surface area contributed by atoms with Gasteiger partial charge in [0.15, 0.2) is 5.65 Å². The first kappa shape index (κ1) is 21.9. The van der Waals surface area contributed by atoms with E-state index in [0.717, 1.165) is 79.5 Å². The Morgan fingerprint density at radius 1 is 1.03 bits per heavy atom. The Labute approximate surface area is 195 Å². The van der Waals surface area contributed by atoms with Crippen molar-refractivity contribution >= 4 is 22.8 Å². The molecule has 0 bridgehead atoms. The molecule has 7 nitrogen and oxygen atoms in total.